The normalized spacial score (nSPS) is 37.3. The highest BCUT2D eigenvalue weighted by molar-refractivity contribution is 9.10. The topological polar surface area (TPSA) is 26.3 Å². The molecule has 1 aromatic carbocycles. The average Bonchev–Trinajstić information content (AvgIpc) is 3.26. The molecule has 3 fully saturated rings. The first-order valence-corrected chi connectivity index (χ1v) is 17.1. The standard InChI is InChI=1S/C36H53BrO2/c1-24(2)10-9-11-25(3)30-16-17-31-29-15-14-27-23-28(18-20-35(27,4)32(29)19-21-36(30,31)5)39-34(38)33(37)22-26-12-7-6-8-13-26/h6-8,12-14,24-25,28-33H,9-11,15-23H2,1-5H3/t25-,28-,29+,30-,31+,32+,33+,35+,36-/m1/s1. The minimum atomic E-state index is -0.281. The predicted octanol–water partition coefficient (Wildman–Crippen LogP) is 9.95. The molecule has 0 bridgehead atoms. The second-order valence-electron chi connectivity index (χ2n) is 14.7. The number of allylic oxidation sites excluding steroid dienone is 1. The Bertz CT molecular complexity index is 1020. The van der Waals surface area contributed by atoms with Crippen LogP contribution in [0.2, 0.25) is 0 Å². The van der Waals surface area contributed by atoms with E-state index in [1.807, 2.05) is 18.2 Å². The summed E-state index contributed by atoms with van der Waals surface area (Å²) in [5.41, 5.74) is 3.60. The van der Waals surface area contributed by atoms with E-state index in [0.29, 0.717) is 17.3 Å². The second kappa shape index (κ2) is 12.0. The summed E-state index contributed by atoms with van der Waals surface area (Å²) >= 11 is 3.61. The number of hydrogen-bond acceptors (Lipinski definition) is 2. The van der Waals surface area contributed by atoms with Crippen molar-refractivity contribution in [2.75, 3.05) is 0 Å². The van der Waals surface area contributed by atoms with E-state index in [2.05, 4.69) is 68.8 Å². The molecule has 0 heterocycles. The number of hydrogen-bond donors (Lipinski definition) is 0. The Labute approximate surface area is 247 Å². The van der Waals surface area contributed by atoms with Crippen LogP contribution in [-0.2, 0) is 16.0 Å². The SMILES string of the molecule is CC(C)CCC[C@@H](C)[C@H]1CC[C@H]2[C@@H]3CC=C4C[C@H](OC(=O)[C@@H](Br)Cc5ccccc5)CC[C@]4(C)[C@H]3CC[C@]12C. The smallest absolute Gasteiger partial charge is 0.320 e. The number of alkyl halides is 1. The van der Waals surface area contributed by atoms with E-state index in [-0.39, 0.29) is 16.9 Å². The minimum absolute atomic E-state index is 0.0283. The molecule has 0 amide bonds. The molecular weight excluding hydrogens is 544 g/mol. The van der Waals surface area contributed by atoms with Gasteiger partial charge in [0, 0.05) is 6.42 Å². The first kappa shape index (κ1) is 29.4. The maximum absolute atomic E-state index is 12.9. The lowest BCUT2D eigenvalue weighted by atomic mass is 9.47. The first-order chi connectivity index (χ1) is 18.6. The molecule has 4 aliphatic carbocycles. The molecule has 39 heavy (non-hydrogen) atoms. The van der Waals surface area contributed by atoms with Crippen LogP contribution >= 0.6 is 15.9 Å². The zero-order valence-electron chi connectivity index (χ0n) is 25.3. The van der Waals surface area contributed by atoms with Crippen molar-refractivity contribution < 1.29 is 9.53 Å². The van der Waals surface area contributed by atoms with Gasteiger partial charge in [0.15, 0.2) is 0 Å². The highest BCUT2D eigenvalue weighted by Gasteiger charge is 2.59. The van der Waals surface area contributed by atoms with Crippen molar-refractivity contribution in [2.24, 2.45) is 46.3 Å². The van der Waals surface area contributed by atoms with E-state index in [0.717, 1.165) is 53.9 Å². The van der Waals surface area contributed by atoms with Gasteiger partial charge in [-0.2, -0.15) is 0 Å². The Hall–Kier alpha value is -1.09. The monoisotopic (exact) mass is 596 g/mol. The summed E-state index contributed by atoms with van der Waals surface area (Å²) in [5, 5.41) is 0. The number of rotatable bonds is 9. The summed E-state index contributed by atoms with van der Waals surface area (Å²) in [6.07, 6.45) is 17.6. The fraction of sp³-hybridized carbons (Fsp3) is 0.750. The van der Waals surface area contributed by atoms with Crippen LogP contribution in [0.5, 0.6) is 0 Å². The molecule has 0 aromatic heterocycles. The Morgan fingerprint density at radius 1 is 1.00 bits per heavy atom. The van der Waals surface area contributed by atoms with Crippen LogP contribution < -0.4 is 0 Å². The number of halogens is 1. The molecule has 0 saturated heterocycles. The lowest BCUT2D eigenvalue weighted by Gasteiger charge is -2.58. The predicted molar refractivity (Wildman–Crippen MR) is 166 cm³/mol. The number of fused-ring (bicyclic) bond motifs is 5. The Kier molecular flexibility index (Phi) is 9.07. The lowest BCUT2D eigenvalue weighted by molar-refractivity contribution is -0.150. The van der Waals surface area contributed by atoms with Gasteiger partial charge in [-0.3, -0.25) is 4.79 Å². The van der Waals surface area contributed by atoms with Crippen molar-refractivity contribution in [3.05, 3.63) is 47.5 Å². The maximum atomic E-state index is 12.9. The van der Waals surface area contributed by atoms with E-state index in [9.17, 15) is 4.79 Å². The van der Waals surface area contributed by atoms with Crippen LogP contribution in [0.25, 0.3) is 0 Å². The van der Waals surface area contributed by atoms with Gasteiger partial charge in [-0.1, -0.05) is 112 Å². The summed E-state index contributed by atoms with van der Waals surface area (Å²) in [6.45, 7) is 12.6. The van der Waals surface area contributed by atoms with Crippen molar-refractivity contribution >= 4 is 21.9 Å². The molecule has 0 aliphatic heterocycles. The summed E-state index contributed by atoms with van der Waals surface area (Å²) in [5.74, 6) is 5.06. The molecule has 0 spiro atoms. The molecule has 9 atom stereocenters. The summed E-state index contributed by atoms with van der Waals surface area (Å²) < 4.78 is 6.10. The molecule has 3 saturated carbocycles. The first-order valence-electron chi connectivity index (χ1n) is 16.2. The van der Waals surface area contributed by atoms with Gasteiger partial charge in [-0.25, -0.2) is 0 Å². The van der Waals surface area contributed by atoms with Gasteiger partial charge >= 0.3 is 5.97 Å². The zero-order valence-corrected chi connectivity index (χ0v) is 26.8. The molecule has 216 valence electrons. The average molecular weight is 598 g/mol. The van der Waals surface area contributed by atoms with Crippen molar-refractivity contribution in [1.29, 1.82) is 0 Å². The summed E-state index contributed by atoms with van der Waals surface area (Å²) in [6, 6.07) is 10.2. The number of carbonyl (C=O) groups excluding carboxylic acids is 1. The van der Waals surface area contributed by atoms with Gasteiger partial charge in [0.1, 0.15) is 10.9 Å². The number of esters is 1. The van der Waals surface area contributed by atoms with Gasteiger partial charge in [0.25, 0.3) is 0 Å². The largest absolute Gasteiger partial charge is 0.461 e. The summed E-state index contributed by atoms with van der Waals surface area (Å²) in [4.78, 5) is 12.7. The Morgan fingerprint density at radius 2 is 1.77 bits per heavy atom. The third-order valence-electron chi connectivity index (χ3n) is 12.1. The van der Waals surface area contributed by atoms with E-state index in [4.69, 9.17) is 4.74 Å². The van der Waals surface area contributed by atoms with E-state index < -0.39 is 0 Å². The van der Waals surface area contributed by atoms with Gasteiger partial charge < -0.3 is 4.74 Å². The second-order valence-corrected chi connectivity index (χ2v) is 15.9. The Morgan fingerprint density at radius 3 is 2.51 bits per heavy atom. The fourth-order valence-electron chi connectivity index (χ4n) is 9.90. The lowest BCUT2D eigenvalue weighted by Crippen LogP contribution is -2.51. The van der Waals surface area contributed by atoms with E-state index >= 15 is 0 Å². The zero-order chi connectivity index (χ0) is 27.8. The molecule has 3 heteroatoms. The summed E-state index contributed by atoms with van der Waals surface area (Å²) in [7, 11) is 0. The third kappa shape index (κ3) is 5.96. The van der Waals surface area contributed by atoms with Crippen LogP contribution in [0.15, 0.2) is 42.0 Å². The molecule has 0 unspecified atom stereocenters. The van der Waals surface area contributed by atoms with Crippen molar-refractivity contribution in [1.82, 2.24) is 0 Å². The van der Waals surface area contributed by atoms with Crippen molar-refractivity contribution in [3.8, 4) is 0 Å². The van der Waals surface area contributed by atoms with Crippen LogP contribution in [0.1, 0.15) is 111 Å². The van der Waals surface area contributed by atoms with Crippen LogP contribution in [-0.4, -0.2) is 16.9 Å². The van der Waals surface area contributed by atoms with E-state index in [1.54, 1.807) is 5.57 Å². The minimum Gasteiger partial charge on any atom is -0.461 e. The molecule has 1 aromatic rings. The Balaban J connectivity index is 1.21. The van der Waals surface area contributed by atoms with Gasteiger partial charge in [-0.15, -0.1) is 0 Å². The molecule has 0 N–H and O–H groups in total. The molecule has 5 rings (SSSR count). The number of benzene rings is 1. The van der Waals surface area contributed by atoms with Crippen molar-refractivity contribution in [2.45, 2.75) is 123 Å². The highest BCUT2D eigenvalue weighted by atomic mass is 79.9. The van der Waals surface area contributed by atoms with Crippen LogP contribution in [0.3, 0.4) is 0 Å². The highest BCUT2D eigenvalue weighted by Crippen LogP contribution is 2.67. The van der Waals surface area contributed by atoms with Gasteiger partial charge in [0.05, 0.1) is 0 Å². The van der Waals surface area contributed by atoms with Gasteiger partial charge in [-0.05, 0) is 103 Å². The third-order valence-corrected chi connectivity index (χ3v) is 12.8. The fourth-order valence-corrected chi connectivity index (χ4v) is 10.4. The molecular formula is C36H53BrO2. The quantitative estimate of drug-likeness (QED) is 0.161. The molecule has 0 radical (unpaired) electrons. The number of carbonyl (C=O) groups is 1. The van der Waals surface area contributed by atoms with E-state index in [1.165, 1.54) is 57.8 Å². The number of ether oxygens (including phenoxy) is 1. The van der Waals surface area contributed by atoms with Crippen LogP contribution in [0, 0.1) is 46.3 Å². The van der Waals surface area contributed by atoms with Crippen LogP contribution in [0.4, 0.5) is 0 Å². The molecule has 2 nitrogen and oxygen atoms in total. The van der Waals surface area contributed by atoms with Gasteiger partial charge in [0.2, 0.25) is 0 Å². The molecule has 4 aliphatic rings. The maximum Gasteiger partial charge on any atom is 0.320 e. The van der Waals surface area contributed by atoms with Crippen molar-refractivity contribution in [3.63, 3.8) is 0 Å².